The lowest BCUT2D eigenvalue weighted by Gasteiger charge is -2.13. The Morgan fingerprint density at radius 2 is 1.67 bits per heavy atom. The van der Waals surface area contributed by atoms with E-state index in [0.717, 1.165) is 0 Å². The Morgan fingerprint density at radius 1 is 1.04 bits per heavy atom. The van der Waals surface area contributed by atoms with Gasteiger partial charge in [0, 0.05) is 17.7 Å². The largest absolute Gasteiger partial charge is 0.507 e. The quantitative estimate of drug-likeness (QED) is 0.296. The summed E-state index contributed by atoms with van der Waals surface area (Å²) in [5.74, 6) is -1.93. The monoisotopic (exact) mass is 324 g/mol. The van der Waals surface area contributed by atoms with E-state index >= 15 is 0 Å². The molecule has 7 nitrogen and oxygen atoms in total. The topological polar surface area (TPSA) is 110 Å². The minimum atomic E-state index is -0.856. The molecule has 1 saturated heterocycles. The molecule has 0 radical (unpaired) electrons. The number of Topliss-reactive ketones (excluding diaryl/α,β-unsaturated/α-hetero) is 1. The number of nitro groups is 1. The van der Waals surface area contributed by atoms with Gasteiger partial charge in [-0.25, -0.2) is 0 Å². The van der Waals surface area contributed by atoms with Crippen molar-refractivity contribution in [3.8, 4) is 0 Å². The number of nitro benzene ring substituents is 1. The lowest BCUT2D eigenvalue weighted by Crippen LogP contribution is -2.21. The van der Waals surface area contributed by atoms with Gasteiger partial charge in [0.05, 0.1) is 16.5 Å². The fourth-order valence-corrected chi connectivity index (χ4v) is 2.56. The minimum Gasteiger partial charge on any atom is -0.507 e. The number of carbonyl (C=O) groups is 2. The van der Waals surface area contributed by atoms with Gasteiger partial charge in [0.15, 0.2) is 0 Å². The number of nitrogens with zero attached hydrogens (tertiary/aromatic N) is 1. The van der Waals surface area contributed by atoms with Gasteiger partial charge in [-0.15, -0.1) is 0 Å². The van der Waals surface area contributed by atoms with Crippen LogP contribution in [-0.2, 0) is 9.59 Å². The molecule has 0 spiro atoms. The molecule has 1 fully saturated rings. The number of nitrogens with one attached hydrogen (secondary N) is 1. The van der Waals surface area contributed by atoms with Crippen LogP contribution in [-0.4, -0.2) is 21.7 Å². The number of rotatable bonds is 3. The van der Waals surface area contributed by atoms with Gasteiger partial charge in [0.2, 0.25) is 0 Å². The Labute approximate surface area is 136 Å². The standard InChI is InChI=1S/C17H12N2O5/c20-15(11-4-2-1-3-5-11)13-14(18-17(22)16(13)21)10-6-8-12(9-7-10)19(23)24/h1-9,14,20H,(H,18,22). The first-order chi connectivity index (χ1) is 11.5. The summed E-state index contributed by atoms with van der Waals surface area (Å²) in [5, 5.41) is 23.7. The van der Waals surface area contributed by atoms with Gasteiger partial charge in [-0.3, -0.25) is 19.7 Å². The molecule has 1 amide bonds. The predicted octanol–water partition coefficient (Wildman–Crippen LogP) is 2.30. The number of carbonyl (C=O) groups excluding carboxylic acids is 2. The van der Waals surface area contributed by atoms with Crippen LogP contribution in [0.15, 0.2) is 60.2 Å². The Balaban J connectivity index is 2.07. The summed E-state index contributed by atoms with van der Waals surface area (Å²) in [5.41, 5.74) is 0.703. The van der Waals surface area contributed by atoms with Gasteiger partial charge >= 0.3 is 0 Å². The fourth-order valence-electron chi connectivity index (χ4n) is 2.56. The summed E-state index contributed by atoms with van der Waals surface area (Å²) >= 11 is 0. The first kappa shape index (κ1) is 15.4. The number of ketones is 1. The molecule has 24 heavy (non-hydrogen) atoms. The van der Waals surface area contributed by atoms with E-state index in [9.17, 15) is 24.8 Å². The van der Waals surface area contributed by atoms with E-state index in [2.05, 4.69) is 5.32 Å². The number of aliphatic hydroxyl groups excluding tert-OH is 1. The third kappa shape index (κ3) is 2.63. The van der Waals surface area contributed by atoms with Gasteiger partial charge in [0.1, 0.15) is 5.76 Å². The van der Waals surface area contributed by atoms with Crippen LogP contribution in [0.5, 0.6) is 0 Å². The molecule has 0 aromatic heterocycles. The van der Waals surface area contributed by atoms with E-state index in [-0.39, 0.29) is 17.0 Å². The first-order valence-corrected chi connectivity index (χ1v) is 7.07. The maximum absolute atomic E-state index is 12.1. The van der Waals surface area contributed by atoms with Crippen molar-refractivity contribution in [2.45, 2.75) is 6.04 Å². The van der Waals surface area contributed by atoms with E-state index in [4.69, 9.17) is 0 Å². The molecule has 0 saturated carbocycles. The van der Waals surface area contributed by atoms with Crippen LogP contribution in [0.3, 0.4) is 0 Å². The number of non-ortho nitro benzene ring substituents is 1. The number of hydrogen-bond donors (Lipinski definition) is 2. The summed E-state index contributed by atoms with van der Waals surface area (Å²) in [6, 6.07) is 13.0. The van der Waals surface area contributed by atoms with Crippen molar-refractivity contribution in [2.75, 3.05) is 0 Å². The average Bonchev–Trinajstić information content (AvgIpc) is 2.90. The van der Waals surface area contributed by atoms with E-state index in [1.54, 1.807) is 30.3 Å². The predicted molar refractivity (Wildman–Crippen MR) is 85.0 cm³/mol. The first-order valence-electron chi connectivity index (χ1n) is 7.07. The van der Waals surface area contributed by atoms with Crippen LogP contribution in [0.25, 0.3) is 5.76 Å². The molecule has 1 atom stereocenters. The Hall–Kier alpha value is -3.48. The fraction of sp³-hybridized carbons (Fsp3) is 0.0588. The third-order valence-electron chi connectivity index (χ3n) is 3.75. The maximum atomic E-state index is 12.1. The molecule has 7 heteroatoms. The van der Waals surface area contributed by atoms with Crippen LogP contribution >= 0.6 is 0 Å². The molecule has 2 N–H and O–H groups in total. The van der Waals surface area contributed by atoms with Gasteiger partial charge in [0.25, 0.3) is 17.4 Å². The second-order valence-corrected chi connectivity index (χ2v) is 5.21. The number of amides is 1. The molecule has 1 aliphatic heterocycles. The summed E-state index contributed by atoms with van der Waals surface area (Å²) < 4.78 is 0. The molecule has 120 valence electrons. The van der Waals surface area contributed by atoms with Crippen molar-refractivity contribution in [1.82, 2.24) is 5.32 Å². The number of hydrogen-bond acceptors (Lipinski definition) is 5. The molecular formula is C17H12N2O5. The van der Waals surface area contributed by atoms with E-state index < -0.39 is 22.7 Å². The summed E-state index contributed by atoms with van der Waals surface area (Å²) in [6.07, 6.45) is 0. The van der Waals surface area contributed by atoms with Gasteiger partial charge in [-0.2, -0.15) is 0 Å². The van der Waals surface area contributed by atoms with Crippen LogP contribution in [0.2, 0.25) is 0 Å². The second kappa shape index (κ2) is 5.96. The van der Waals surface area contributed by atoms with Crippen LogP contribution in [0, 0.1) is 10.1 Å². The molecular weight excluding hydrogens is 312 g/mol. The van der Waals surface area contributed by atoms with E-state index in [1.807, 2.05) is 0 Å². The summed E-state index contributed by atoms with van der Waals surface area (Å²) in [6.45, 7) is 0. The minimum absolute atomic E-state index is 0.0694. The van der Waals surface area contributed by atoms with E-state index in [1.165, 1.54) is 24.3 Å². The average molecular weight is 324 g/mol. The molecule has 2 aromatic carbocycles. The van der Waals surface area contributed by atoms with Gasteiger partial charge in [-0.05, 0) is 17.7 Å². The smallest absolute Gasteiger partial charge is 0.293 e. The lowest BCUT2D eigenvalue weighted by atomic mass is 9.96. The second-order valence-electron chi connectivity index (χ2n) is 5.21. The van der Waals surface area contributed by atoms with Crippen LogP contribution in [0.4, 0.5) is 5.69 Å². The summed E-state index contributed by atoms with van der Waals surface area (Å²) in [7, 11) is 0. The highest BCUT2D eigenvalue weighted by Gasteiger charge is 2.39. The summed E-state index contributed by atoms with van der Waals surface area (Å²) in [4.78, 5) is 34.1. The number of aliphatic hydroxyl groups is 1. The third-order valence-corrected chi connectivity index (χ3v) is 3.75. The van der Waals surface area contributed by atoms with Gasteiger partial charge in [-0.1, -0.05) is 30.3 Å². The molecule has 0 aliphatic carbocycles. The van der Waals surface area contributed by atoms with Crippen LogP contribution < -0.4 is 5.32 Å². The zero-order valence-electron chi connectivity index (χ0n) is 12.3. The normalized spacial score (nSPS) is 19.1. The molecule has 1 heterocycles. The van der Waals surface area contributed by atoms with Crippen molar-refractivity contribution in [2.24, 2.45) is 0 Å². The van der Waals surface area contributed by atoms with Crippen molar-refractivity contribution in [3.05, 3.63) is 81.4 Å². The Kier molecular flexibility index (Phi) is 3.83. The maximum Gasteiger partial charge on any atom is 0.293 e. The molecule has 1 aliphatic rings. The zero-order valence-corrected chi connectivity index (χ0v) is 12.3. The van der Waals surface area contributed by atoms with Gasteiger partial charge < -0.3 is 10.4 Å². The van der Waals surface area contributed by atoms with Crippen LogP contribution in [0.1, 0.15) is 17.2 Å². The highest BCUT2D eigenvalue weighted by atomic mass is 16.6. The van der Waals surface area contributed by atoms with Crippen molar-refractivity contribution in [3.63, 3.8) is 0 Å². The van der Waals surface area contributed by atoms with Crippen molar-refractivity contribution in [1.29, 1.82) is 0 Å². The van der Waals surface area contributed by atoms with E-state index in [0.29, 0.717) is 11.1 Å². The SMILES string of the molecule is O=C1NC(c2ccc([N+](=O)[O-])cc2)C(=C(O)c2ccccc2)C1=O. The Morgan fingerprint density at radius 3 is 2.25 bits per heavy atom. The highest BCUT2D eigenvalue weighted by molar-refractivity contribution is 6.46. The van der Waals surface area contributed by atoms with Crippen molar-refractivity contribution < 1.29 is 19.6 Å². The molecule has 2 aromatic rings. The number of benzene rings is 2. The molecule has 1 unspecified atom stereocenters. The van der Waals surface area contributed by atoms with Crippen molar-refractivity contribution >= 4 is 23.1 Å². The lowest BCUT2D eigenvalue weighted by molar-refractivity contribution is -0.384. The molecule has 0 bridgehead atoms. The zero-order chi connectivity index (χ0) is 17.3. The highest BCUT2D eigenvalue weighted by Crippen LogP contribution is 2.33. The molecule has 3 rings (SSSR count). The Bertz CT molecular complexity index is 856.